The van der Waals surface area contributed by atoms with Gasteiger partial charge in [-0.2, -0.15) is 0 Å². The average Bonchev–Trinajstić information content (AvgIpc) is 3.31. The summed E-state index contributed by atoms with van der Waals surface area (Å²) >= 11 is -0.613. The zero-order valence-corrected chi connectivity index (χ0v) is 31.2. The van der Waals surface area contributed by atoms with Crippen molar-refractivity contribution in [3.8, 4) is 11.5 Å². The third kappa shape index (κ3) is 8.44. The molecule has 196 valence electrons. The number of thiophene rings is 2. The minimum atomic E-state index is -2.34. The molecule has 2 aromatic heterocycles. The Hall–Kier alpha value is 0.857. The SMILES string of the molecule is CCCCC(CC)COc1[c]([Sn]([CH3])([CH3])[CH3])sc2c(OCC(CC)CCCC)[c]([Sn]([CH3])([CH3])[CH3])sc12. The van der Waals surface area contributed by atoms with E-state index in [1.54, 1.807) is 5.79 Å². The van der Waals surface area contributed by atoms with Gasteiger partial charge in [0, 0.05) is 0 Å². The summed E-state index contributed by atoms with van der Waals surface area (Å²) in [7, 11) is 0. The van der Waals surface area contributed by atoms with E-state index < -0.39 is 36.8 Å². The first-order valence-electron chi connectivity index (χ1n) is 13.8. The minimum absolute atomic E-state index is 0.666. The normalized spacial score (nSPS) is 14.5. The Bertz CT molecular complexity index is 802. The van der Waals surface area contributed by atoms with Gasteiger partial charge >= 0.3 is 229 Å². The summed E-state index contributed by atoms with van der Waals surface area (Å²) in [5, 5.41) is 0. The second kappa shape index (κ2) is 14.1. The van der Waals surface area contributed by atoms with Crippen LogP contribution in [0.15, 0.2) is 0 Å². The molecule has 0 radical (unpaired) electrons. The fourth-order valence-corrected chi connectivity index (χ4v) is 19.7. The summed E-state index contributed by atoms with van der Waals surface area (Å²) < 4.78 is 19.6. The van der Waals surface area contributed by atoms with Gasteiger partial charge in [-0.3, -0.25) is 0 Å². The maximum atomic E-state index is 6.79. The van der Waals surface area contributed by atoms with Gasteiger partial charge in [-0.05, 0) is 0 Å². The third-order valence-corrected chi connectivity index (χ3v) is 27.9. The molecule has 6 heteroatoms. The van der Waals surface area contributed by atoms with Crippen molar-refractivity contribution in [1.82, 2.24) is 0 Å². The molecule has 0 spiro atoms. The van der Waals surface area contributed by atoms with Crippen LogP contribution in [0.2, 0.25) is 29.6 Å². The molecule has 0 N–H and O–H groups in total. The molecule has 2 aromatic rings. The molecule has 2 rings (SSSR count). The quantitative estimate of drug-likeness (QED) is 0.161. The van der Waals surface area contributed by atoms with Gasteiger partial charge in [-0.1, -0.05) is 0 Å². The second-order valence-corrected chi connectivity index (χ2v) is 44.8. The van der Waals surface area contributed by atoms with Gasteiger partial charge < -0.3 is 0 Å². The van der Waals surface area contributed by atoms with Gasteiger partial charge in [0.1, 0.15) is 0 Å². The molecule has 0 aliphatic rings. The van der Waals surface area contributed by atoms with Crippen LogP contribution in [0.25, 0.3) is 9.40 Å². The molecule has 0 saturated heterocycles. The predicted molar refractivity (Wildman–Crippen MR) is 163 cm³/mol. The van der Waals surface area contributed by atoms with Gasteiger partial charge in [0.25, 0.3) is 0 Å². The summed E-state index contributed by atoms with van der Waals surface area (Å²) in [6.45, 7) is 11.0. The number of hydrogen-bond acceptors (Lipinski definition) is 4. The molecule has 0 amide bonds. The number of hydrogen-bond donors (Lipinski definition) is 0. The van der Waals surface area contributed by atoms with Gasteiger partial charge in [0.2, 0.25) is 0 Å². The van der Waals surface area contributed by atoms with E-state index in [1.165, 1.54) is 72.3 Å². The molecule has 2 heterocycles. The van der Waals surface area contributed by atoms with Crippen LogP contribution in [0.5, 0.6) is 11.5 Å². The Labute approximate surface area is 227 Å². The van der Waals surface area contributed by atoms with Crippen LogP contribution in [-0.4, -0.2) is 50.0 Å². The number of ether oxygens (including phenoxy) is 2. The first kappa shape index (κ1) is 31.1. The Morgan fingerprint density at radius 3 is 1.24 bits per heavy atom. The maximum absolute atomic E-state index is 6.79. The van der Waals surface area contributed by atoms with E-state index in [1.807, 2.05) is 22.7 Å². The number of rotatable bonds is 16. The molecule has 34 heavy (non-hydrogen) atoms. The fourth-order valence-electron chi connectivity index (χ4n) is 4.34. The molecule has 0 fully saturated rings. The fraction of sp³-hybridized carbons (Fsp3) is 0.786. The van der Waals surface area contributed by atoms with Crippen molar-refractivity contribution < 1.29 is 9.47 Å². The van der Waals surface area contributed by atoms with Crippen molar-refractivity contribution in [2.45, 2.75) is 109 Å². The summed E-state index contributed by atoms with van der Waals surface area (Å²) in [5.41, 5.74) is 0. The molecule has 2 nitrogen and oxygen atoms in total. The van der Waals surface area contributed by atoms with E-state index >= 15 is 0 Å². The summed E-state index contributed by atoms with van der Waals surface area (Å²) in [4.78, 5) is 15.2. The molecule has 0 saturated carbocycles. The molecule has 0 bridgehead atoms. The van der Waals surface area contributed by atoms with Crippen molar-refractivity contribution in [2.24, 2.45) is 11.8 Å². The van der Waals surface area contributed by atoms with E-state index in [4.69, 9.17) is 9.47 Å². The summed E-state index contributed by atoms with van der Waals surface area (Å²) in [6, 6.07) is 0. The summed E-state index contributed by atoms with van der Waals surface area (Å²) in [5.74, 6) is 3.85. The topological polar surface area (TPSA) is 18.5 Å². The Morgan fingerprint density at radius 1 is 0.618 bits per heavy atom. The van der Waals surface area contributed by atoms with E-state index in [0.717, 1.165) is 13.2 Å². The molecule has 0 aliphatic carbocycles. The van der Waals surface area contributed by atoms with E-state index in [0.29, 0.717) is 11.8 Å². The molecule has 0 aromatic carbocycles. The zero-order valence-electron chi connectivity index (χ0n) is 23.9. The molecular formula is C28H52O2S2Sn2. The van der Waals surface area contributed by atoms with Crippen molar-refractivity contribution in [2.75, 3.05) is 13.2 Å². The first-order valence-corrected chi connectivity index (χ1v) is 35.4. The second-order valence-electron chi connectivity index (χ2n) is 12.1. The van der Waals surface area contributed by atoms with Crippen molar-refractivity contribution in [3.63, 3.8) is 0 Å². The monoisotopic (exact) mass is 724 g/mol. The summed E-state index contributed by atoms with van der Waals surface area (Å²) in [6.07, 6.45) is 10.1. The van der Waals surface area contributed by atoms with Crippen LogP contribution in [-0.2, 0) is 0 Å². The van der Waals surface area contributed by atoms with E-state index in [-0.39, 0.29) is 0 Å². The van der Waals surface area contributed by atoms with Gasteiger partial charge in [-0.25, -0.2) is 0 Å². The molecule has 2 unspecified atom stereocenters. The molecular weight excluding hydrogens is 670 g/mol. The van der Waals surface area contributed by atoms with Crippen LogP contribution < -0.4 is 15.3 Å². The van der Waals surface area contributed by atoms with Gasteiger partial charge in [0.15, 0.2) is 0 Å². The number of fused-ring (bicyclic) bond motifs is 1. The van der Waals surface area contributed by atoms with E-state index in [9.17, 15) is 0 Å². The van der Waals surface area contributed by atoms with Crippen LogP contribution in [0, 0.1) is 11.8 Å². The van der Waals surface area contributed by atoms with Crippen molar-refractivity contribution >= 4 is 74.6 Å². The molecule has 2 atom stereocenters. The van der Waals surface area contributed by atoms with E-state index in [2.05, 4.69) is 57.3 Å². The van der Waals surface area contributed by atoms with Crippen LogP contribution in [0.3, 0.4) is 0 Å². The molecule has 0 aliphatic heterocycles. The third-order valence-electron chi connectivity index (χ3n) is 6.82. The van der Waals surface area contributed by atoms with Crippen molar-refractivity contribution in [3.05, 3.63) is 0 Å². The Morgan fingerprint density at radius 2 is 0.971 bits per heavy atom. The Kier molecular flexibility index (Phi) is 12.9. The van der Waals surface area contributed by atoms with Gasteiger partial charge in [-0.15, -0.1) is 0 Å². The van der Waals surface area contributed by atoms with Crippen LogP contribution in [0.4, 0.5) is 0 Å². The standard InChI is InChI=1S/C22H34O2S2.6CH3.2Sn/c1-5-9-11-17(7-3)13-23-19-15-25-22-20(16-26-21(19)22)24-14-18(8-4)12-10-6-2;;;;;;;;/h17-18H,5-14H2,1-4H3;6*1H3;;. The zero-order chi connectivity index (χ0) is 25.5. The van der Waals surface area contributed by atoms with Crippen LogP contribution >= 0.6 is 22.7 Å². The van der Waals surface area contributed by atoms with Crippen LogP contribution in [0.1, 0.15) is 79.1 Å². The predicted octanol–water partition coefficient (Wildman–Crippen LogP) is 9.24. The van der Waals surface area contributed by atoms with Crippen molar-refractivity contribution in [1.29, 1.82) is 0 Å². The Balaban J connectivity index is 2.48. The average molecular weight is 722 g/mol. The number of unbranched alkanes of at least 4 members (excludes halogenated alkanes) is 2. The van der Waals surface area contributed by atoms with Gasteiger partial charge in [0.05, 0.1) is 0 Å². The first-order chi connectivity index (χ1) is 16.0.